The molecule has 2 aliphatic carbocycles. The van der Waals surface area contributed by atoms with E-state index < -0.39 is 61.8 Å². The summed E-state index contributed by atoms with van der Waals surface area (Å²) in [5.41, 5.74) is -0.0187. The van der Waals surface area contributed by atoms with Crippen molar-refractivity contribution >= 4 is 44.7 Å². The maximum absolute atomic E-state index is 14.5. The third kappa shape index (κ3) is 6.46. The predicted octanol–water partition coefficient (Wildman–Crippen LogP) is 3.47. The van der Waals surface area contributed by atoms with Crippen molar-refractivity contribution in [1.82, 2.24) is 25.2 Å². The maximum Gasteiger partial charge on any atom is 0.405 e. The molecule has 2 saturated carbocycles. The third-order valence-electron chi connectivity index (χ3n) is 11.9. The summed E-state index contributed by atoms with van der Waals surface area (Å²) in [6.45, 7) is 3.47. The van der Waals surface area contributed by atoms with Gasteiger partial charge in [0.15, 0.2) is 0 Å². The standard InChI is InChI=1S/C36H47N5O9S/c1-21-29-24(25-17-23(49-3)11-12-26(25)37-21)13-14-35(50-29)19-28-30(42)39-36(32(44)40-51(47,48)34(2)15-16-34)18-22(36)9-7-5-4-6-8-10-27(38-33(45)46)31(43)41(28)20-35/h11-12,17,22,27-28,38H,4-10,13-16,18-20H2,1-3H3,(H,39,42)(H,40,44)(H,45,46)/t22-,27+,28+,35-,36-/m1/s1. The fourth-order valence-corrected chi connectivity index (χ4v) is 9.66. The van der Waals surface area contributed by atoms with Crippen LogP contribution in [0.2, 0.25) is 0 Å². The van der Waals surface area contributed by atoms with Crippen molar-refractivity contribution < 1.29 is 42.2 Å². The molecular formula is C36H47N5O9S. The summed E-state index contributed by atoms with van der Waals surface area (Å²) in [6.07, 6.45) is 5.79. The van der Waals surface area contributed by atoms with Gasteiger partial charge in [-0.05, 0) is 82.9 Å². The zero-order chi connectivity index (χ0) is 36.3. The number of ether oxygens (including phenoxy) is 2. The van der Waals surface area contributed by atoms with Crippen molar-refractivity contribution in [2.24, 2.45) is 5.92 Å². The van der Waals surface area contributed by atoms with Gasteiger partial charge in [0.25, 0.3) is 5.91 Å². The minimum Gasteiger partial charge on any atom is -0.497 e. The molecule has 1 aromatic carbocycles. The number of amides is 4. The highest BCUT2D eigenvalue weighted by Gasteiger charge is 2.64. The molecule has 2 aromatic rings. The van der Waals surface area contributed by atoms with E-state index in [4.69, 9.17) is 14.5 Å². The van der Waals surface area contributed by atoms with Crippen molar-refractivity contribution in [3.8, 4) is 11.5 Å². The highest BCUT2D eigenvalue weighted by Crippen LogP contribution is 2.50. The second-order valence-corrected chi connectivity index (χ2v) is 17.6. The highest BCUT2D eigenvalue weighted by atomic mass is 32.2. The van der Waals surface area contributed by atoms with Gasteiger partial charge in [0.1, 0.15) is 34.7 Å². The van der Waals surface area contributed by atoms with Crippen molar-refractivity contribution in [1.29, 1.82) is 0 Å². The summed E-state index contributed by atoms with van der Waals surface area (Å²) >= 11 is 0. The van der Waals surface area contributed by atoms with Gasteiger partial charge < -0.3 is 30.1 Å². The number of nitrogens with zero attached hydrogens (tertiary/aromatic N) is 2. The molecule has 14 nitrogen and oxygen atoms in total. The summed E-state index contributed by atoms with van der Waals surface area (Å²) in [6, 6.07) is 3.48. The summed E-state index contributed by atoms with van der Waals surface area (Å²) in [7, 11) is -2.37. The number of fused-ring (bicyclic) bond motifs is 5. The smallest absolute Gasteiger partial charge is 0.405 e. The fourth-order valence-electron chi connectivity index (χ4n) is 8.35. The minimum atomic E-state index is -3.96. The first kappa shape index (κ1) is 35.3. The molecule has 5 aliphatic rings. The van der Waals surface area contributed by atoms with Crippen LogP contribution in [0.4, 0.5) is 4.79 Å². The molecular weight excluding hydrogens is 678 g/mol. The second kappa shape index (κ2) is 12.8. The lowest BCUT2D eigenvalue weighted by atomic mass is 9.87. The van der Waals surface area contributed by atoms with Crippen LogP contribution in [0.5, 0.6) is 11.5 Å². The van der Waals surface area contributed by atoms with E-state index in [1.54, 1.807) is 14.0 Å². The zero-order valence-electron chi connectivity index (χ0n) is 29.4. The molecule has 1 aromatic heterocycles. The zero-order valence-corrected chi connectivity index (χ0v) is 30.2. The van der Waals surface area contributed by atoms with E-state index in [2.05, 4.69) is 15.4 Å². The fraction of sp³-hybridized carbons (Fsp3) is 0.639. The van der Waals surface area contributed by atoms with Crippen molar-refractivity contribution in [3.05, 3.63) is 29.5 Å². The Morgan fingerprint density at radius 1 is 1.08 bits per heavy atom. The Balaban J connectivity index is 1.23. The number of rotatable bonds is 5. The summed E-state index contributed by atoms with van der Waals surface area (Å²) in [5.74, 6) is -0.879. The molecule has 4 N–H and O–H groups in total. The summed E-state index contributed by atoms with van der Waals surface area (Å²) in [5, 5.41) is 15.9. The van der Waals surface area contributed by atoms with E-state index in [0.29, 0.717) is 55.7 Å². The molecule has 4 fully saturated rings. The number of carbonyl (C=O) groups excluding carboxylic acids is 3. The van der Waals surface area contributed by atoms with Crippen LogP contribution in [0.1, 0.15) is 95.2 Å². The van der Waals surface area contributed by atoms with E-state index in [1.807, 2.05) is 25.1 Å². The van der Waals surface area contributed by atoms with Crippen LogP contribution in [0.3, 0.4) is 0 Å². The minimum absolute atomic E-state index is 0.0199. The van der Waals surface area contributed by atoms with Crippen molar-refractivity contribution in [2.45, 2.75) is 125 Å². The average Bonchev–Trinajstić information content (AvgIpc) is 3.98. The lowest BCUT2D eigenvalue weighted by Crippen LogP contribution is -2.58. The number of carbonyl (C=O) groups is 4. The van der Waals surface area contributed by atoms with Gasteiger partial charge in [0, 0.05) is 17.4 Å². The van der Waals surface area contributed by atoms with Gasteiger partial charge in [0.05, 0.1) is 29.6 Å². The molecule has 0 radical (unpaired) electrons. The first-order valence-electron chi connectivity index (χ1n) is 18.0. The molecule has 4 amide bonds. The van der Waals surface area contributed by atoms with Crippen LogP contribution in [-0.4, -0.2) is 88.8 Å². The normalized spacial score (nSPS) is 30.4. The van der Waals surface area contributed by atoms with Crippen LogP contribution in [0, 0.1) is 12.8 Å². The largest absolute Gasteiger partial charge is 0.497 e. The Morgan fingerprint density at radius 3 is 2.51 bits per heavy atom. The quantitative estimate of drug-likeness (QED) is 0.355. The van der Waals surface area contributed by atoms with Gasteiger partial charge in [-0.25, -0.2) is 18.2 Å². The van der Waals surface area contributed by atoms with Gasteiger partial charge in [-0.1, -0.05) is 32.1 Å². The Bertz CT molecular complexity index is 1900. The maximum atomic E-state index is 14.5. The van der Waals surface area contributed by atoms with Crippen molar-refractivity contribution in [2.75, 3.05) is 13.7 Å². The second-order valence-electron chi connectivity index (χ2n) is 15.5. The summed E-state index contributed by atoms with van der Waals surface area (Å²) < 4.78 is 39.8. The highest BCUT2D eigenvalue weighted by molar-refractivity contribution is 7.91. The van der Waals surface area contributed by atoms with E-state index in [9.17, 15) is 32.7 Å². The number of carboxylic acid groups (broad SMARTS) is 1. The van der Waals surface area contributed by atoms with Gasteiger partial charge in [0.2, 0.25) is 21.8 Å². The first-order chi connectivity index (χ1) is 24.2. The number of sulfonamides is 1. The van der Waals surface area contributed by atoms with Crippen LogP contribution in [-0.2, 0) is 30.8 Å². The Kier molecular flexibility index (Phi) is 8.86. The predicted molar refractivity (Wildman–Crippen MR) is 186 cm³/mol. The molecule has 2 saturated heterocycles. The Morgan fingerprint density at radius 2 is 1.80 bits per heavy atom. The van der Waals surface area contributed by atoms with Crippen LogP contribution >= 0.6 is 0 Å². The van der Waals surface area contributed by atoms with Crippen LogP contribution in [0.25, 0.3) is 10.9 Å². The number of pyridine rings is 1. The number of hydrogen-bond donors (Lipinski definition) is 4. The third-order valence-corrected chi connectivity index (χ3v) is 14.0. The van der Waals surface area contributed by atoms with Crippen LogP contribution in [0.15, 0.2) is 18.2 Å². The average molecular weight is 726 g/mol. The van der Waals surface area contributed by atoms with Crippen LogP contribution < -0.4 is 24.8 Å². The number of methoxy groups -OCH3 is 1. The number of benzene rings is 1. The van der Waals surface area contributed by atoms with E-state index in [1.165, 1.54) is 4.90 Å². The topological polar surface area (TPSA) is 193 Å². The molecule has 7 rings (SSSR count). The first-order valence-corrected chi connectivity index (χ1v) is 19.5. The molecule has 0 bridgehead atoms. The van der Waals surface area contributed by atoms with Gasteiger partial charge in [-0.3, -0.25) is 19.1 Å². The van der Waals surface area contributed by atoms with E-state index >= 15 is 0 Å². The van der Waals surface area contributed by atoms with Gasteiger partial charge in [-0.15, -0.1) is 0 Å². The number of hydrogen-bond acceptors (Lipinski definition) is 9. The number of aryl methyl sites for hydroxylation is 2. The molecule has 15 heteroatoms. The molecule has 4 heterocycles. The van der Waals surface area contributed by atoms with Gasteiger partial charge in [-0.2, -0.15) is 0 Å². The van der Waals surface area contributed by atoms with E-state index in [-0.39, 0.29) is 31.7 Å². The van der Waals surface area contributed by atoms with Crippen molar-refractivity contribution in [3.63, 3.8) is 0 Å². The molecule has 5 atom stereocenters. The Hall–Kier alpha value is -4.14. The SMILES string of the molecule is COc1ccc2nc(C)c3c(c2c1)CC[C@]1(C[C@H]2C(=O)N[C@]4(C(=O)NS(=O)(=O)C5(C)CC5)C[C@H]4CCCCCCC[C@H](NC(=O)O)C(=O)N2C1)O3. The molecule has 276 valence electrons. The molecule has 0 unspecified atom stereocenters. The summed E-state index contributed by atoms with van der Waals surface area (Å²) in [4.78, 5) is 60.7. The Labute approximate surface area is 297 Å². The molecule has 3 aliphatic heterocycles. The lowest BCUT2D eigenvalue weighted by Gasteiger charge is -2.36. The lowest BCUT2D eigenvalue weighted by molar-refractivity contribution is -0.141. The molecule has 1 spiro atoms. The monoisotopic (exact) mass is 725 g/mol. The number of aromatic nitrogens is 1. The van der Waals surface area contributed by atoms with Gasteiger partial charge >= 0.3 is 6.09 Å². The van der Waals surface area contributed by atoms with E-state index in [0.717, 1.165) is 42.1 Å². The number of nitrogens with one attached hydrogen (secondary N) is 3. The molecule has 51 heavy (non-hydrogen) atoms.